The second-order valence-electron chi connectivity index (χ2n) is 5.82. The smallest absolute Gasteiger partial charge is 0.254 e. The van der Waals surface area contributed by atoms with E-state index in [0.29, 0.717) is 12.2 Å². The number of nitrogens with two attached hydrogens (primary N) is 1. The van der Waals surface area contributed by atoms with Crippen LogP contribution in [0.1, 0.15) is 24.2 Å². The Bertz CT molecular complexity index is 458. The van der Waals surface area contributed by atoms with Crippen molar-refractivity contribution in [3.8, 4) is 0 Å². The molecule has 0 spiro atoms. The molecule has 4 nitrogen and oxygen atoms in total. The fourth-order valence-electron chi connectivity index (χ4n) is 2.04. The molecule has 0 radical (unpaired) electrons. The number of nitrogens with zero attached hydrogens (tertiary/aromatic N) is 1. The molecule has 1 rings (SSSR count). The second kappa shape index (κ2) is 6.02. The predicted octanol–water partition coefficient (Wildman–Crippen LogP) is 1.73. The molecule has 0 aliphatic rings. The summed E-state index contributed by atoms with van der Waals surface area (Å²) in [5.41, 5.74) is 5.70. The van der Waals surface area contributed by atoms with Gasteiger partial charge in [-0.25, -0.2) is 4.39 Å². The van der Waals surface area contributed by atoms with Crippen LogP contribution < -0.4 is 11.1 Å². The van der Waals surface area contributed by atoms with E-state index in [0.717, 1.165) is 12.6 Å². The molecule has 0 saturated heterocycles. The molecule has 1 aromatic carbocycles. The van der Waals surface area contributed by atoms with Crippen molar-refractivity contribution in [3.05, 3.63) is 29.6 Å². The molecule has 0 unspecified atom stereocenters. The lowest BCUT2D eigenvalue weighted by molar-refractivity contribution is 0.0925. The summed E-state index contributed by atoms with van der Waals surface area (Å²) >= 11 is 0. The maximum absolute atomic E-state index is 13.6. The number of halogens is 1. The Morgan fingerprint density at radius 2 is 2.05 bits per heavy atom. The van der Waals surface area contributed by atoms with Crippen molar-refractivity contribution in [2.24, 2.45) is 5.41 Å². The number of rotatable bonds is 5. The van der Waals surface area contributed by atoms with Crippen LogP contribution in [0.4, 0.5) is 10.1 Å². The van der Waals surface area contributed by atoms with Gasteiger partial charge in [0.25, 0.3) is 5.91 Å². The minimum atomic E-state index is -0.595. The zero-order valence-corrected chi connectivity index (χ0v) is 12.0. The highest BCUT2D eigenvalue weighted by Crippen LogP contribution is 2.16. The molecule has 1 amide bonds. The van der Waals surface area contributed by atoms with E-state index < -0.39 is 11.7 Å². The van der Waals surface area contributed by atoms with Crippen LogP contribution in [0.25, 0.3) is 0 Å². The molecule has 0 bridgehead atoms. The van der Waals surface area contributed by atoms with Gasteiger partial charge in [-0.05, 0) is 37.7 Å². The van der Waals surface area contributed by atoms with Gasteiger partial charge >= 0.3 is 0 Å². The summed E-state index contributed by atoms with van der Waals surface area (Å²) < 4.78 is 13.6. The fraction of sp³-hybridized carbons (Fsp3) is 0.500. The first-order valence-corrected chi connectivity index (χ1v) is 6.19. The van der Waals surface area contributed by atoms with Crippen molar-refractivity contribution in [1.82, 2.24) is 10.2 Å². The molecule has 0 heterocycles. The number of anilines is 1. The van der Waals surface area contributed by atoms with Crippen LogP contribution in [0.15, 0.2) is 18.2 Å². The highest BCUT2D eigenvalue weighted by Gasteiger charge is 2.21. The Kier molecular flexibility index (Phi) is 4.89. The molecule has 106 valence electrons. The zero-order chi connectivity index (χ0) is 14.6. The summed E-state index contributed by atoms with van der Waals surface area (Å²) in [6.07, 6.45) is 0. The summed E-state index contributed by atoms with van der Waals surface area (Å²) in [7, 11) is 3.95. The number of nitrogen functional groups attached to an aromatic ring is 1. The third-order valence-electron chi connectivity index (χ3n) is 2.71. The van der Waals surface area contributed by atoms with E-state index in [9.17, 15) is 9.18 Å². The number of amides is 1. The Morgan fingerprint density at radius 1 is 1.42 bits per heavy atom. The minimum Gasteiger partial charge on any atom is -0.399 e. The van der Waals surface area contributed by atoms with E-state index in [4.69, 9.17) is 5.73 Å². The standard InChI is InChI=1S/C14H22FN3O/c1-14(2,9-18(3)4)8-17-13(19)11-6-5-10(16)7-12(11)15/h5-7H,8-9,16H2,1-4H3,(H,17,19). The van der Waals surface area contributed by atoms with Gasteiger partial charge in [-0.2, -0.15) is 0 Å². The molecule has 0 aromatic heterocycles. The number of hydrogen-bond donors (Lipinski definition) is 2. The quantitative estimate of drug-likeness (QED) is 0.799. The van der Waals surface area contributed by atoms with Crippen molar-refractivity contribution >= 4 is 11.6 Å². The maximum atomic E-state index is 13.6. The normalized spacial score (nSPS) is 11.7. The molecule has 0 atom stereocenters. The van der Waals surface area contributed by atoms with Crippen molar-refractivity contribution in [3.63, 3.8) is 0 Å². The van der Waals surface area contributed by atoms with Gasteiger partial charge in [-0.1, -0.05) is 13.8 Å². The first-order valence-electron chi connectivity index (χ1n) is 6.19. The lowest BCUT2D eigenvalue weighted by Gasteiger charge is -2.28. The van der Waals surface area contributed by atoms with E-state index >= 15 is 0 Å². The third-order valence-corrected chi connectivity index (χ3v) is 2.71. The summed E-state index contributed by atoms with van der Waals surface area (Å²) in [6.45, 7) is 5.41. The van der Waals surface area contributed by atoms with Gasteiger partial charge in [0.2, 0.25) is 0 Å². The highest BCUT2D eigenvalue weighted by molar-refractivity contribution is 5.94. The molecule has 0 saturated carbocycles. The van der Waals surface area contributed by atoms with Crippen LogP contribution in [0, 0.1) is 11.2 Å². The van der Waals surface area contributed by atoms with Gasteiger partial charge in [-0.15, -0.1) is 0 Å². The average Bonchev–Trinajstić information content (AvgIpc) is 2.24. The number of nitrogens with one attached hydrogen (secondary N) is 1. The second-order valence-corrected chi connectivity index (χ2v) is 5.82. The van der Waals surface area contributed by atoms with Gasteiger partial charge in [0.05, 0.1) is 5.56 Å². The van der Waals surface area contributed by atoms with Gasteiger partial charge < -0.3 is 16.0 Å². The number of carbonyl (C=O) groups is 1. The number of hydrogen-bond acceptors (Lipinski definition) is 3. The first kappa shape index (κ1) is 15.4. The molecule has 19 heavy (non-hydrogen) atoms. The predicted molar refractivity (Wildman–Crippen MR) is 75.5 cm³/mol. The molecular weight excluding hydrogens is 245 g/mol. The third kappa shape index (κ3) is 4.87. The van der Waals surface area contributed by atoms with E-state index in [-0.39, 0.29) is 11.0 Å². The van der Waals surface area contributed by atoms with Gasteiger partial charge in [0.1, 0.15) is 5.82 Å². The minimum absolute atomic E-state index is 0.0230. The molecule has 5 heteroatoms. The monoisotopic (exact) mass is 267 g/mol. The van der Waals surface area contributed by atoms with Crippen LogP contribution >= 0.6 is 0 Å². The zero-order valence-electron chi connectivity index (χ0n) is 12.0. The van der Waals surface area contributed by atoms with Crippen molar-refractivity contribution in [1.29, 1.82) is 0 Å². The SMILES string of the molecule is CN(C)CC(C)(C)CNC(=O)c1ccc(N)cc1F. The highest BCUT2D eigenvalue weighted by atomic mass is 19.1. The maximum Gasteiger partial charge on any atom is 0.254 e. The molecule has 0 fully saturated rings. The summed E-state index contributed by atoms with van der Waals surface area (Å²) in [5, 5.41) is 2.76. The summed E-state index contributed by atoms with van der Waals surface area (Å²) in [5.74, 6) is -1.01. The fourth-order valence-corrected chi connectivity index (χ4v) is 2.04. The lowest BCUT2D eigenvalue weighted by Crippen LogP contribution is -2.40. The molecule has 0 aliphatic carbocycles. The number of benzene rings is 1. The van der Waals surface area contributed by atoms with E-state index in [1.165, 1.54) is 12.1 Å². The van der Waals surface area contributed by atoms with Gasteiger partial charge in [0.15, 0.2) is 0 Å². The Labute approximate surface area is 113 Å². The van der Waals surface area contributed by atoms with Crippen molar-refractivity contribution in [2.45, 2.75) is 13.8 Å². The Balaban J connectivity index is 2.65. The van der Waals surface area contributed by atoms with Crippen LogP contribution in [-0.2, 0) is 0 Å². The van der Waals surface area contributed by atoms with Crippen molar-refractivity contribution < 1.29 is 9.18 Å². The number of carbonyl (C=O) groups excluding carboxylic acids is 1. The van der Waals surface area contributed by atoms with Crippen LogP contribution in [0.2, 0.25) is 0 Å². The topological polar surface area (TPSA) is 58.4 Å². The molecule has 1 aromatic rings. The van der Waals surface area contributed by atoms with E-state index in [1.807, 2.05) is 27.9 Å². The van der Waals surface area contributed by atoms with Crippen molar-refractivity contribution in [2.75, 3.05) is 32.9 Å². The summed E-state index contributed by atoms with van der Waals surface area (Å²) in [6, 6.07) is 4.07. The molecular formula is C14H22FN3O. The van der Waals surface area contributed by atoms with E-state index in [2.05, 4.69) is 10.2 Å². The Morgan fingerprint density at radius 3 is 2.58 bits per heavy atom. The van der Waals surface area contributed by atoms with Gasteiger partial charge in [-0.3, -0.25) is 4.79 Å². The Hall–Kier alpha value is -1.62. The summed E-state index contributed by atoms with van der Waals surface area (Å²) in [4.78, 5) is 14.0. The first-order chi connectivity index (χ1) is 8.71. The van der Waals surface area contributed by atoms with Crippen LogP contribution in [0.3, 0.4) is 0 Å². The van der Waals surface area contributed by atoms with E-state index in [1.54, 1.807) is 0 Å². The van der Waals surface area contributed by atoms with Crippen LogP contribution in [0.5, 0.6) is 0 Å². The largest absolute Gasteiger partial charge is 0.399 e. The van der Waals surface area contributed by atoms with Gasteiger partial charge in [0, 0.05) is 18.8 Å². The molecule has 0 aliphatic heterocycles. The van der Waals surface area contributed by atoms with Crippen LogP contribution in [-0.4, -0.2) is 38.0 Å². The molecule has 3 N–H and O–H groups in total. The average molecular weight is 267 g/mol. The lowest BCUT2D eigenvalue weighted by atomic mass is 9.93.